The first-order valence-corrected chi connectivity index (χ1v) is 6.94. The number of amides is 1. The Morgan fingerprint density at radius 1 is 1.58 bits per heavy atom. The third-order valence-electron chi connectivity index (χ3n) is 4.33. The van der Waals surface area contributed by atoms with Crippen molar-refractivity contribution >= 4 is 11.7 Å². The molecular weight excluding hydrogens is 244 g/mol. The number of hydrogen-bond donors (Lipinski definition) is 3. The first-order valence-electron chi connectivity index (χ1n) is 6.94. The van der Waals surface area contributed by atoms with E-state index in [1.54, 1.807) is 0 Å². The Bertz CT molecular complexity index is 340. The third-order valence-corrected chi connectivity index (χ3v) is 4.33. The standard InChI is InChI=1S/C13H26N4O2/c1-4-10(2)17(3)9-8-15-12(18)13(6-5-7-13)11(14)16-19/h10,19H,4-9H2,1-3H3,(H2,14,16)(H,15,18). The number of hydrogen-bond acceptors (Lipinski definition) is 4. The van der Waals surface area contributed by atoms with E-state index in [0.29, 0.717) is 25.4 Å². The number of oxime groups is 1. The Morgan fingerprint density at radius 2 is 2.21 bits per heavy atom. The lowest BCUT2D eigenvalue weighted by Gasteiger charge is -2.38. The summed E-state index contributed by atoms with van der Waals surface area (Å²) < 4.78 is 0. The zero-order chi connectivity index (χ0) is 14.5. The summed E-state index contributed by atoms with van der Waals surface area (Å²) in [6, 6.07) is 0.499. The summed E-state index contributed by atoms with van der Waals surface area (Å²) in [7, 11) is 2.04. The monoisotopic (exact) mass is 270 g/mol. The van der Waals surface area contributed by atoms with E-state index in [-0.39, 0.29) is 11.7 Å². The van der Waals surface area contributed by atoms with Gasteiger partial charge in [-0.25, -0.2) is 0 Å². The van der Waals surface area contributed by atoms with Crippen LogP contribution in [0, 0.1) is 5.41 Å². The normalized spacial score (nSPS) is 19.9. The summed E-state index contributed by atoms with van der Waals surface area (Å²) in [5.41, 5.74) is 4.87. The van der Waals surface area contributed by atoms with Gasteiger partial charge in [-0.05, 0) is 33.2 Å². The van der Waals surface area contributed by atoms with Crippen molar-refractivity contribution in [2.45, 2.75) is 45.6 Å². The van der Waals surface area contributed by atoms with Crippen LogP contribution in [0.4, 0.5) is 0 Å². The molecule has 6 heteroatoms. The van der Waals surface area contributed by atoms with Crippen molar-refractivity contribution < 1.29 is 10.0 Å². The van der Waals surface area contributed by atoms with Gasteiger partial charge in [0.2, 0.25) is 5.91 Å². The maximum atomic E-state index is 12.2. The Morgan fingerprint density at radius 3 is 2.63 bits per heavy atom. The SMILES string of the molecule is CCC(C)N(C)CCNC(=O)C1(C(N)=NO)CCC1. The van der Waals surface area contributed by atoms with Gasteiger partial charge >= 0.3 is 0 Å². The van der Waals surface area contributed by atoms with Crippen molar-refractivity contribution in [3.63, 3.8) is 0 Å². The number of carbonyl (C=O) groups excluding carboxylic acids is 1. The lowest BCUT2D eigenvalue weighted by molar-refractivity contribution is -0.131. The highest BCUT2D eigenvalue weighted by atomic mass is 16.4. The molecule has 0 aromatic carbocycles. The van der Waals surface area contributed by atoms with Crippen LogP contribution in [-0.4, -0.2) is 48.0 Å². The smallest absolute Gasteiger partial charge is 0.233 e. The first kappa shape index (κ1) is 15.8. The average molecular weight is 270 g/mol. The molecule has 1 fully saturated rings. The van der Waals surface area contributed by atoms with Gasteiger partial charge in [0.15, 0.2) is 5.84 Å². The van der Waals surface area contributed by atoms with Gasteiger partial charge in [0, 0.05) is 19.1 Å². The van der Waals surface area contributed by atoms with Gasteiger partial charge in [-0.2, -0.15) is 0 Å². The molecule has 6 nitrogen and oxygen atoms in total. The lowest BCUT2D eigenvalue weighted by atomic mass is 9.67. The van der Waals surface area contributed by atoms with Gasteiger partial charge in [0.25, 0.3) is 0 Å². The molecule has 1 amide bonds. The zero-order valence-electron chi connectivity index (χ0n) is 12.1. The highest BCUT2D eigenvalue weighted by Gasteiger charge is 2.48. The van der Waals surface area contributed by atoms with Gasteiger partial charge in [0.1, 0.15) is 5.41 Å². The summed E-state index contributed by atoms with van der Waals surface area (Å²) in [6.07, 6.45) is 3.35. The maximum Gasteiger partial charge on any atom is 0.233 e. The van der Waals surface area contributed by atoms with Crippen molar-refractivity contribution in [3.05, 3.63) is 0 Å². The predicted molar refractivity (Wildman–Crippen MR) is 75.1 cm³/mol. The molecule has 0 aromatic heterocycles. The van der Waals surface area contributed by atoms with Gasteiger partial charge < -0.3 is 21.2 Å². The molecule has 1 aliphatic carbocycles. The second-order valence-corrected chi connectivity index (χ2v) is 5.41. The number of rotatable bonds is 7. The Kier molecular flexibility index (Phi) is 5.60. The van der Waals surface area contributed by atoms with E-state index in [1.165, 1.54) is 0 Å². The van der Waals surface area contributed by atoms with Crippen LogP contribution in [-0.2, 0) is 4.79 Å². The van der Waals surface area contributed by atoms with E-state index in [2.05, 4.69) is 29.2 Å². The van der Waals surface area contributed by atoms with Crippen molar-refractivity contribution in [1.82, 2.24) is 10.2 Å². The molecule has 0 radical (unpaired) electrons. The number of carbonyl (C=O) groups is 1. The molecule has 19 heavy (non-hydrogen) atoms. The van der Waals surface area contributed by atoms with Crippen LogP contribution in [0.2, 0.25) is 0 Å². The summed E-state index contributed by atoms with van der Waals surface area (Å²) in [5, 5.41) is 14.7. The minimum absolute atomic E-state index is 0.0338. The Balaban J connectivity index is 2.43. The number of amidine groups is 1. The van der Waals surface area contributed by atoms with Crippen molar-refractivity contribution in [2.75, 3.05) is 20.1 Å². The fourth-order valence-electron chi connectivity index (χ4n) is 2.27. The molecule has 0 heterocycles. The van der Waals surface area contributed by atoms with Crippen molar-refractivity contribution in [1.29, 1.82) is 0 Å². The largest absolute Gasteiger partial charge is 0.409 e. The molecule has 0 saturated heterocycles. The highest BCUT2D eigenvalue weighted by molar-refractivity contribution is 6.07. The fourth-order valence-corrected chi connectivity index (χ4v) is 2.27. The quantitative estimate of drug-likeness (QED) is 0.275. The van der Waals surface area contributed by atoms with Gasteiger partial charge in [-0.15, -0.1) is 0 Å². The summed E-state index contributed by atoms with van der Waals surface area (Å²) in [6.45, 7) is 5.68. The maximum absolute atomic E-state index is 12.2. The van der Waals surface area contributed by atoms with Crippen LogP contribution < -0.4 is 11.1 Å². The van der Waals surface area contributed by atoms with Crippen LogP contribution in [0.25, 0.3) is 0 Å². The van der Waals surface area contributed by atoms with Gasteiger partial charge in [-0.3, -0.25) is 4.79 Å². The van der Waals surface area contributed by atoms with Crippen LogP contribution in [0.5, 0.6) is 0 Å². The first-order chi connectivity index (χ1) is 8.97. The highest BCUT2D eigenvalue weighted by Crippen LogP contribution is 2.41. The second-order valence-electron chi connectivity index (χ2n) is 5.41. The Hall–Kier alpha value is -1.30. The van der Waals surface area contributed by atoms with Crippen molar-refractivity contribution in [2.24, 2.45) is 16.3 Å². The second kappa shape index (κ2) is 6.75. The molecule has 0 bridgehead atoms. The molecule has 1 aliphatic rings. The van der Waals surface area contributed by atoms with E-state index < -0.39 is 5.41 Å². The average Bonchev–Trinajstić information content (AvgIpc) is 2.35. The molecule has 1 saturated carbocycles. The Labute approximate surface area is 115 Å². The number of likely N-dealkylation sites (N-methyl/N-ethyl adjacent to an activating group) is 1. The van der Waals surface area contributed by atoms with E-state index in [9.17, 15) is 4.79 Å². The molecule has 0 aliphatic heterocycles. The molecule has 110 valence electrons. The van der Waals surface area contributed by atoms with Crippen LogP contribution in [0.15, 0.2) is 5.16 Å². The number of nitrogens with zero attached hydrogens (tertiary/aromatic N) is 2. The molecule has 0 aromatic rings. The predicted octanol–water partition coefficient (Wildman–Crippen LogP) is 0.750. The van der Waals surface area contributed by atoms with Gasteiger partial charge in [0.05, 0.1) is 0 Å². The van der Waals surface area contributed by atoms with Crippen molar-refractivity contribution in [3.8, 4) is 0 Å². The molecule has 1 rings (SSSR count). The van der Waals surface area contributed by atoms with E-state index in [4.69, 9.17) is 10.9 Å². The molecular formula is C13H26N4O2. The zero-order valence-corrected chi connectivity index (χ0v) is 12.1. The third kappa shape index (κ3) is 3.37. The number of nitrogens with two attached hydrogens (primary N) is 1. The summed E-state index contributed by atoms with van der Waals surface area (Å²) >= 11 is 0. The molecule has 1 atom stereocenters. The molecule has 0 spiro atoms. The fraction of sp³-hybridized carbons (Fsp3) is 0.846. The minimum atomic E-state index is -0.774. The topological polar surface area (TPSA) is 91.0 Å². The number of nitrogens with one attached hydrogen (secondary N) is 1. The van der Waals surface area contributed by atoms with E-state index >= 15 is 0 Å². The molecule has 4 N–H and O–H groups in total. The van der Waals surface area contributed by atoms with Crippen LogP contribution in [0.3, 0.4) is 0 Å². The van der Waals surface area contributed by atoms with Crippen LogP contribution >= 0.6 is 0 Å². The summed E-state index contributed by atoms with van der Waals surface area (Å²) in [5.74, 6) is -0.0851. The minimum Gasteiger partial charge on any atom is -0.409 e. The summed E-state index contributed by atoms with van der Waals surface area (Å²) in [4.78, 5) is 14.4. The van der Waals surface area contributed by atoms with Gasteiger partial charge in [-0.1, -0.05) is 18.5 Å². The van der Waals surface area contributed by atoms with E-state index in [0.717, 1.165) is 19.4 Å². The lowest BCUT2D eigenvalue weighted by Crippen LogP contribution is -2.54. The van der Waals surface area contributed by atoms with E-state index in [1.807, 2.05) is 7.05 Å². The molecule has 1 unspecified atom stereocenters. The van der Waals surface area contributed by atoms with Crippen LogP contribution in [0.1, 0.15) is 39.5 Å².